The minimum absolute atomic E-state index is 0.353. The summed E-state index contributed by atoms with van der Waals surface area (Å²) in [5.74, 6) is 0.170. The molecule has 0 saturated carbocycles. The van der Waals surface area contributed by atoms with Gasteiger partial charge < -0.3 is 13.9 Å². The van der Waals surface area contributed by atoms with Gasteiger partial charge in [-0.3, -0.25) is 0 Å². The Balaban J connectivity index is 1.88. The number of ether oxygens (including phenoxy) is 2. The molecule has 1 aliphatic heterocycles. The normalized spacial score (nSPS) is 19.1. The molecule has 5 heteroatoms. The number of rotatable bonds is 3. The van der Waals surface area contributed by atoms with Gasteiger partial charge in [-0.05, 0) is 37.3 Å². The van der Waals surface area contributed by atoms with Crippen LogP contribution in [0.25, 0.3) is 5.65 Å². The highest BCUT2D eigenvalue weighted by Crippen LogP contribution is 2.20. The van der Waals surface area contributed by atoms with E-state index in [0.717, 1.165) is 31.7 Å². The SMILES string of the molecule is COC(=O)c1cccn2cc(CC3CCCOC3)nc12. The Kier molecular flexibility index (Phi) is 3.69. The fraction of sp³-hybridized carbons (Fsp3) is 0.467. The fourth-order valence-electron chi connectivity index (χ4n) is 2.70. The Morgan fingerprint density at radius 3 is 3.25 bits per heavy atom. The van der Waals surface area contributed by atoms with Gasteiger partial charge in [0.1, 0.15) is 5.56 Å². The van der Waals surface area contributed by atoms with Crippen molar-refractivity contribution >= 4 is 11.6 Å². The third-order valence-electron chi connectivity index (χ3n) is 3.69. The molecule has 106 valence electrons. The molecule has 20 heavy (non-hydrogen) atoms. The van der Waals surface area contributed by atoms with Gasteiger partial charge >= 0.3 is 5.97 Å². The van der Waals surface area contributed by atoms with Crippen molar-refractivity contribution < 1.29 is 14.3 Å². The highest BCUT2D eigenvalue weighted by atomic mass is 16.5. The van der Waals surface area contributed by atoms with Crippen LogP contribution in [-0.2, 0) is 15.9 Å². The Hall–Kier alpha value is -1.88. The van der Waals surface area contributed by atoms with E-state index in [4.69, 9.17) is 9.47 Å². The van der Waals surface area contributed by atoms with Crippen LogP contribution in [-0.4, -0.2) is 35.7 Å². The molecule has 0 amide bonds. The fourth-order valence-corrected chi connectivity index (χ4v) is 2.70. The van der Waals surface area contributed by atoms with Gasteiger partial charge in [0.2, 0.25) is 0 Å². The summed E-state index contributed by atoms with van der Waals surface area (Å²) in [5.41, 5.74) is 2.16. The van der Waals surface area contributed by atoms with E-state index in [0.29, 0.717) is 17.1 Å². The second-order valence-corrected chi connectivity index (χ2v) is 5.16. The number of nitrogens with zero attached hydrogens (tertiary/aromatic N) is 2. The molecule has 1 atom stereocenters. The van der Waals surface area contributed by atoms with Gasteiger partial charge in [0, 0.05) is 25.6 Å². The van der Waals surface area contributed by atoms with Crippen LogP contribution in [0.4, 0.5) is 0 Å². The number of hydrogen-bond acceptors (Lipinski definition) is 4. The first-order valence-corrected chi connectivity index (χ1v) is 6.90. The van der Waals surface area contributed by atoms with Crippen LogP contribution in [0.5, 0.6) is 0 Å². The lowest BCUT2D eigenvalue weighted by Crippen LogP contribution is -2.19. The highest BCUT2D eigenvalue weighted by Gasteiger charge is 2.18. The van der Waals surface area contributed by atoms with Crippen molar-refractivity contribution in [2.24, 2.45) is 5.92 Å². The Morgan fingerprint density at radius 1 is 1.60 bits per heavy atom. The lowest BCUT2D eigenvalue weighted by molar-refractivity contribution is 0.0547. The average molecular weight is 274 g/mol. The predicted molar refractivity (Wildman–Crippen MR) is 73.8 cm³/mol. The smallest absolute Gasteiger partial charge is 0.341 e. The molecule has 1 saturated heterocycles. The van der Waals surface area contributed by atoms with E-state index in [1.807, 2.05) is 22.9 Å². The molecule has 3 rings (SSSR count). The first-order chi connectivity index (χ1) is 9.78. The van der Waals surface area contributed by atoms with Crippen molar-refractivity contribution in [2.45, 2.75) is 19.3 Å². The summed E-state index contributed by atoms with van der Waals surface area (Å²) in [6.45, 7) is 1.67. The molecule has 2 aromatic heterocycles. The summed E-state index contributed by atoms with van der Waals surface area (Å²) in [6.07, 6.45) is 7.07. The minimum Gasteiger partial charge on any atom is -0.465 e. The molecule has 5 nitrogen and oxygen atoms in total. The van der Waals surface area contributed by atoms with E-state index in [-0.39, 0.29) is 5.97 Å². The van der Waals surface area contributed by atoms with E-state index in [1.165, 1.54) is 13.5 Å². The predicted octanol–water partition coefficient (Wildman–Crippen LogP) is 2.09. The maximum Gasteiger partial charge on any atom is 0.341 e. The molecular formula is C15H18N2O3. The molecule has 2 aromatic rings. The van der Waals surface area contributed by atoms with E-state index < -0.39 is 0 Å². The van der Waals surface area contributed by atoms with Crippen LogP contribution >= 0.6 is 0 Å². The van der Waals surface area contributed by atoms with E-state index in [1.54, 1.807) is 6.07 Å². The molecule has 1 unspecified atom stereocenters. The number of pyridine rings is 1. The number of imidazole rings is 1. The van der Waals surface area contributed by atoms with Gasteiger partial charge in [-0.2, -0.15) is 0 Å². The maximum atomic E-state index is 11.7. The van der Waals surface area contributed by atoms with E-state index in [2.05, 4.69) is 4.98 Å². The zero-order valence-corrected chi connectivity index (χ0v) is 11.5. The maximum absolute atomic E-state index is 11.7. The number of carbonyl (C=O) groups excluding carboxylic acids is 1. The summed E-state index contributed by atoms with van der Waals surface area (Å²) in [5, 5.41) is 0. The molecule has 0 aliphatic carbocycles. The third-order valence-corrected chi connectivity index (χ3v) is 3.69. The number of methoxy groups -OCH3 is 1. The summed E-state index contributed by atoms with van der Waals surface area (Å²) in [6, 6.07) is 3.57. The Bertz CT molecular complexity index is 615. The monoisotopic (exact) mass is 274 g/mol. The first-order valence-electron chi connectivity index (χ1n) is 6.90. The van der Waals surface area contributed by atoms with Gasteiger partial charge in [-0.15, -0.1) is 0 Å². The molecule has 3 heterocycles. The zero-order valence-electron chi connectivity index (χ0n) is 11.5. The summed E-state index contributed by atoms with van der Waals surface area (Å²) in [7, 11) is 1.38. The van der Waals surface area contributed by atoms with Crippen LogP contribution in [0, 0.1) is 5.92 Å². The summed E-state index contributed by atoms with van der Waals surface area (Å²) in [4.78, 5) is 16.3. The number of carbonyl (C=O) groups is 1. The zero-order chi connectivity index (χ0) is 13.9. The van der Waals surface area contributed by atoms with Crippen LogP contribution in [0.3, 0.4) is 0 Å². The van der Waals surface area contributed by atoms with Crippen molar-refractivity contribution in [1.29, 1.82) is 0 Å². The third kappa shape index (κ3) is 2.54. The minimum atomic E-state index is -0.353. The van der Waals surface area contributed by atoms with Gasteiger partial charge in [-0.1, -0.05) is 0 Å². The number of aromatic nitrogens is 2. The van der Waals surface area contributed by atoms with Crippen LogP contribution in [0.15, 0.2) is 24.5 Å². The van der Waals surface area contributed by atoms with Crippen molar-refractivity contribution in [1.82, 2.24) is 9.38 Å². The molecule has 0 bridgehead atoms. The van der Waals surface area contributed by atoms with Gasteiger partial charge in [0.05, 0.1) is 12.8 Å². The lowest BCUT2D eigenvalue weighted by Gasteiger charge is -2.20. The molecule has 0 aromatic carbocycles. The van der Waals surface area contributed by atoms with Gasteiger partial charge in [0.25, 0.3) is 0 Å². The van der Waals surface area contributed by atoms with Crippen LogP contribution < -0.4 is 0 Å². The standard InChI is InChI=1S/C15H18N2O3/c1-19-15(18)13-5-2-6-17-9-12(16-14(13)17)8-11-4-3-7-20-10-11/h2,5-6,9,11H,3-4,7-8,10H2,1H3. The Labute approximate surface area is 117 Å². The first kappa shape index (κ1) is 13.1. The van der Waals surface area contributed by atoms with Crippen molar-refractivity contribution in [3.8, 4) is 0 Å². The molecule has 1 fully saturated rings. The van der Waals surface area contributed by atoms with E-state index in [9.17, 15) is 4.79 Å². The summed E-state index contributed by atoms with van der Waals surface area (Å²) >= 11 is 0. The Morgan fingerprint density at radius 2 is 2.50 bits per heavy atom. The molecule has 1 aliphatic rings. The lowest BCUT2D eigenvalue weighted by atomic mass is 9.97. The number of esters is 1. The number of hydrogen-bond donors (Lipinski definition) is 0. The van der Waals surface area contributed by atoms with Crippen molar-refractivity contribution in [3.63, 3.8) is 0 Å². The second-order valence-electron chi connectivity index (χ2n) is 5.16. The van der Waals surface area contributed by atoms with Gasteiger partial charge in [-0.25, -0.2) is 9.78 Å². The van der Waals surface area contributed by atoms with Crippen molar-refractivity contribution in [3.05, 3.63) is 35.8 Å². The molecule has 0 spiro atoms. The largest absolute Gasteiger partial charge is 0.465 e. The quantitative estimate of drug-likeness (QED) is 0.804. The highest BCUT2D eigenvalue weighted by molar-refractivity contribution is 5.95. The second kappa shape index (κ2) is 5.63. The van der Waals surface area contributed by atoms with Crippen molar-refractivity contribution in [2.75, 3.05) is 20.3 Å². The van der Waals surface area contributed by atoms with Crippen LogP contribution in [0.2, 0.25) is 0 Å². The molecule has 0 N–H and O–H groups in total. The van der Waals surface area contributed by atoms with Gasteiger partial charge in [0.15, 0.2) is 5.65 Å². The average Bonchev–Trinajstić information content (AvgIpc) is 2.89. The molecular weight excluding hydrogens is 256 g/mol. The summed E-state index contributed by atoms with van der Waals surface area (Å²) < 4.78 is 12.2. The topological polar surface area (TPSA) is 52.8 Å². The van der Waals surface area contributed by atoms with Crippen LogP contribution in [0.1, 0.15) is 28.9 Å². The number of fused-ring (bicyclic) bond motifs is 1. The van der Waals surface area contributed by atoms with E-state index >= 15 is 0 Å². The molecule has 0 radical (unpaired) electrons.